The summed E-state index contributed by atoms with van der Waals surface area (Å²) in [5, 5.41) is 12.8. The van der Waals surface area contributed by atoms with E-state index in [1.807, 2.05) is 0 Å². The number of hydrogen-bond donors (Lipinski definition) is 2. The van der Waals surface area contributed by atoms with E-state index in [4.69, 9.17) is 14.7 Å². The Hall–Kier alpha value is -2.36. The van der Waals surface area contributed by atoms with Crippen LogP contribution in [0.2, 0.25) is 0 Å². The Morgan fingerprint density at radius 2 is 1.69 bits per heavy atom. The van der Waals surface area contributed by atoms with E-state index in [1.165, 1.54) is 16.9 Å². The molecule has 0 saturated carbocycles. The number of carboxylic acids is 1. The van der Waals surface area contributed by atoms with Crippen LogP contribution in [0.3, 0.4) is 0 Å². The number of amides is 2. The molecule has 2 aliphatic heterocycles. The number of carbonyl (C=O) groups is 4. The predicted octanol–water partition coefficient (Wildman–Crippen LogP) is 1.29. The van der Waals surface area contributed by atoms with Gasteiger partial charge in [0, 0.05) is 13.1 Å². The van der Waals surface area contributed by atoms with Crippen LogP contribution in [-0.4, -0.2) is 75.8 Å². The van der Waals surface area contributed by atoms with Crippen LogP contribution in [0.1, 0.15) is 59.8 Å². The lowest BCUT2D eigenvalue weighted by molar-refractivity contribution is -0.172. The van der Waals surface area contributed by atoms with E-state index in [0.29, 0.717) is 32.4 Å². The first-order chi connectivity index (χ1) is 13.5. The SMILES string of the molecule is C[C@H](NC(=O)[C@@H]1CCCCN1C(=O)[C@@H]1CCCN1OC(=O)OC(C)(C)C)C(=O)O. The molecule has 2 amide bonds. The van der Waals surface area contributed by atoms with Gasteiger partial charge in [0.05, 0.1) is 0 Å². The summed E-state index contributed by atoms with van der Waals surface area (Å²) in [7, 11) is 0. The molecule has 2 saturated heterocycles. The first kappa shape index (κ1) is 22.9. The van der Waals surface area contributed by atoms with Crippen LogP contribution in [0.15, 0.2) is 0 Å². The highest BCUT2D eigenvalue weighted by Crippen LogP contribution is 2.25. The number of nitrogens with zero attached hydrogens (tertiary/aromatic N) is 2. The number of piperidine rings is 1. The van der Waals surface area contributed by atoms with Crippen LogP contribution in [0.25, 0.3) is 0 Å². The van der Waals surface area contributed by atoms with Gasteiger partial charge in [0.15, 0.2) is 0 Å². The number of carbonyl (C=O) groups excluding carboxylic acids is 3. The Morgan fingerprint density at radius 3 is 2.31 bits per heavy atom. The van der Waals surface area contributed by atoms with Gasteiger partial charge in [0.2, 0.25) is 11.8 Å². The highest BCUT2D eigenvalue weighted by molar-refractivity contribution is 5.92. The maximum absolute atomic E-state index is 13.2. The maximum Gasteiger partial charge on any atom is 0.528 e. The van der Waals surface area contributed by atoms with Crippen molar-refractivity contribution in [2.75, 3.05) is 13.1 Å². The number of ether oxygens (including phenoxy) is 1. The van der Waals surface area contributed by atoms with Gasteiger partial charge in [-0.05, 0) is 59.8 Å². The molecular formula is C19H31N3O7. The molecule has 0 aliphatic carbocycles. The first-order valence-corrected chi connectivity index (χ1v) is 10.0. The fourth-order valence-corrected chi connectivity index (χ4v) is 3.49. The van der Waals surface area contributed by atoms with Gasteiger partial charge in [-0.1, -0.05) is 0 Å². The van der Waals surface area contributed by atoms with Crippen LogP contribution < -0.4 is 5.32 Å². The summed E-state index contributed by atoms with van der Waals surface area (Å²) in [6, 6.07) is -2.46. The molecule has 0 aromatic heterocycles. The molecule has 0 radical (unpaired) electrons. The van der Waals surface area contributed by atoms with Crippen molar-refractivity contribution >= 4 is 23.9 Å². The molecule has 10 nitrogen and oxygen atoms in total. The van der Waals surface area contributed by atoms with Crippen molar-refractivity contribution in [1.82, 2.24) is 15.3 Å². The summed E-state index contributed by atoms with van der Waals surface area (Å²) < 4.78 is 5.15. The van der Waals surface area contributed by atoms with Crippen LogP contribution in [0.4, 0.5) is 4.79 Å². The second kappa shape index (κ2) is 9.43. The highest BCUT2D eigenvalue weighted by Gasteiger charge is 2.41. The first-order valence-electron chi connectivity index (χ1n) is 10.0. The fourth-order valence-electron chi connectivity index (χ4n) is 3.49. The van der Waals surface area contributed by atoms with Gasteiger partial charge < -0.3 is 24.9 Å². The highest BCUT2D eigenvalue weighted by atomic mass is 16.8. The molecule has 29 heavy (non-hydrogen) atoms. The Labute approximate surface area is 170 Å². The molecule has 0 aromatic rings. The normalized spacial score (nSPS) is 23.9. The lowest BCUT2D eigenvalue weighted by atomic mass is 9.99. The van der Waals surface area contributed by atoms with Gasteiger partial charge >= 0.3 is 12.1 Å². The topological polar surface area (TPSA) is 125 Å². The molecule has 2 N–H and O–H groups in total. The fraction of sp³-hybridized carbons (Fsp3) is 0.789. The quantitative estimate of drug-likeness (QED) is 0.646. The van der Waals surface area contributed by atoms with Crippen LogP contribution in [-0.2, 0) is 24.0 Å². The summed E-state index contributed by atoms with van der Waals surface area (Å²) in [4.78, 5) is 55.5. The minimum Gasteiger partial charge on any atom is -0.480 e. The summed E-state index contributed by atoms with van der Waals surface area (Å²) in [6.07, 6.45) is 2.28. The van der Waals surface area contributed by atoms with Gasteiger partial charge in [-0.3, -0.25) is 14.4 Å². The Kier molecular flexibility index (Phi) is 7.45. The number of likely N-dealkylation sites (tertiary alicyclic amines) is 1. The van der Waals surface area contributed by atoms with E-state index in [9.17, 15) is 19.2 Å². The molecule has 0 spiro atoms. The zero-order chi connectivity index (χ0) is 21.8. The lowest BCUT2D eigenvalue weighted by Gasteiger charge is -2.37. The van der Waals surface area contributed by atoms with Crippen molar-refractivity contribution in [2.24, 2.45) is 0 Å². The number of rotatable bonds is 5. The van der Waals surface area contributed by atoms with E-state index < -0.39 is 41.8 Å². The van der Waals surface area contributed by atoms with Crippen LogP contribution in [0, 0.1) is 0 Å². The van der Waals surface area contributed by atoms with E-state index >= 15 is 0 Å². The molecule has 0 aromatic carbocycles. The lowest BCUT2D eigenvalue weighted by Crippen LogP contribution is -2.57. The smallest absolute Gasteiger partial charge is 0.480 e. The van der Waals surface area contributed by atoms with E-state index in [0.717, 1.165) is 12.8 Å². The van der Waals surface area contributed by atoms with Crippen molar-refractivity contribution in [3.63, 3.8) is 0 Å². The van der Waals surface area contributed by atoms with Crippen molar-refractivity contribution < 1.29 is 33.9 Å². The third-order valence-corrected chi connectivity index (χ3v) is 4.89. The molecule has 164 valence electrons. The average Bonchev–Trinajstić information content (AvgIpc) is 3.07. The van der Waals surface area contributed by atoms with Crippen molar-refractivity contribution in [3.05, 3.63) is 0 Å². The molecule has 2 rings (SSSR count). The number of nitrogens with one attached hydrogen (secondary N) is 1. The number of carboxylic acid groups (broad SMARTS) is 1. The molecular weight excluding hydrogens is 382 g/mol. The molecule has 10 heteroatoms. The third-order valence-electron chi connectivity index (χ3n) is 4.89. The summed E-state index contributed by atoms with van der Waals surface area (Å²) in [5.74, 6) is -1.92. The van der Waals surface area contributed by atoms with Gasteiger partial charge in [0.1, 0.15) is 23.7 Å². The Bertz CT molecular complexity index is 646. The van der Waals surface area contributed by atoms with E-state index in [2.05, 4.69) is 5.32 Å². The second-order valence-electron chi connectivity index (χ2n) is 8.47. The standard InChI is InChI=1S/C19H31N3O7/c1-12(17(25)26)20-15(23)13-8-5-6-10-21(13)16(24)14-9-7-11-22(14)29-18(27)28-19(2,3)4/h12-14H,5-11H2,1-4H3,(H,20,23)(H,25,26)/t12-,13-,14-/m0/s1. The average molecular weight is 413 g/mol. The van der Waals surface area contributed by atoms with E-state index in [1.54, 1.807) is 20.8 Å². The van der Waals surface area contributed by atoms with Crippen LogP contribution in [0.5, 0.6) is 0 Å². The van der Waals surface area contributed by atoms with Crippen molar-refractivity contribution in [2.45, 2.75) is 83.5 Å². The van der Waals surface area contributed by atoms with Crippen LogP contribution >= 0.6 is 0 Å². The summed E-state index contributed by atoms with van der Waals surface area (Å²) >= 11 is 0. The van der Waals surface area contributed by atoms with Gasteiger partial charge in [-0.2, -0.15) is 0 Å². The molecule has 0 unspecified atom stereocenters. The van der Waals surface area contributed by atoms with Crippen molar-refractivity contribution in [1.29, 1.82) is 0 Å². The zero-order valence-corrected chi connectivity index (χ0v) is 17.5. The molecule has 2 aliphatic rings. The van der Waals surface area contributed by atoms with Gasteiger partial charge in [-0.25, -0.2) is 4.79 Å². The summed E-state index contributed by atoms with van der Waals surface area (Å²) in [6.45, 7) is 7.33. The molecule has 2 heterocycles. The number of hydrogen-bond acceptors (Lipinski definition) is 7. The molecule has 3 atom stereocenters. The predicted molar refractivity (Wildman–Crippen MR) is 102 cm³/mol. The zero-order valence-electron chi connectivity index (χ0n) is 17.5. The monoisotopic (exact) mass is 413 g/mol. The van der Waals surface area contributed by atoms with Gasteiger partial charge in [-0.15, -0.1) is 5.06 Å². The minimum absolute atomic E-state index is 0.297. The summed E-state index contributed by atoms with van der Waals surface area (Å²) in [5.41, 5.74) is -0.715. The molecule has 0 bridgehead atoms. The molecule has 2 fully saturated rings. The number of aliphatic carboxylic acids is 1. The van der Waals surface area contributed by atoms with Crippen molar-refractivity contribution in [3.8, 4) is 0 Å². The Balaban J connectivity index is 2.05. The third kappa shape index (κ3) is 6.31. The minimum atomic E-state index is -1.14. The number of hydroxylamine groups is 2. The maximum atomic E-state index is 13.2. The Morgan fingerprint density at radius 1 is 1.03 bits per heavy atom. The van der Waals surface area contributed by atoms with Gasteiger partial charge in [0.25, 0.3) is 0 Å². The second-order valence-corrected chi connectivity index (χ2v) is 8.47. The van der Waals surface area contributed by atoms with E-state index in [-0.39, 0.29) is 5.91 Å². The largest absolute Gasteiger partial charge is 0.528 e.